The summed E-state index contributed by atoms with van der Waals surface area (Å²) in [5.74, 6) is -0.570. The van der Waals surface area contributed by atoms with Crippen molar-refractivity contribution in [2.75, 3.05) is 18.0 Å². The van der Waals surface area contributed by atoms with E-state index in [9.17, 15) is 18.0 Å². The van der Waals surface area contributed by atoms with E-state index >= 15 is 0 Å². The maximum absolute atomic E-state index is 12.8. The Balaban J connectivity index is 2.08. The number of anilines is 1. The zero-order valence-electron chi connectivity index (χ0n) is 11.1. The van der Waals surface area contributed by atoms with Gasteiger partial charge in [-0.15, -0.1) is 0 Å². The molecule has 4 nitrogen and oxygen atoms in total. The highest BCUT2D eigenvalue weighted by Gasteiger charge is 2.34. The van der Waals surface area contributed by atoms with Crippen molar-refractivity contribution in [2.24, 2.45) is 0 Å². The molecule has 1 unspecified atom stereocenters. The molecule has 1 aromatic rings. The van der Waals surface area contributed by atoms with Crippen molar-refractivity contribution in [2.45, 2.75) is 25.6 Å². The first-order chi connectivity index (χ1) is 9.77. The van der Waals surface area contributed by atoms with Crippen molar-refractivity contribution in [1.82, 2.24) is 0 Å². The van der Waals surface area contributed by atoms with E-state index in [1.54, 1.807) is 4.90 Å². The Labute approximate surface area is 124 Å². The van der Waals surface area contributed by atoms with Crippen molar-refractivity contribution >= 4 is 23.3 Å². The molecule has 1 aliphatic heterocycles. The van der Waals surface area contributed by atoms with Gasteiger partial charge >= 0.3 is 12.1 Å². The average molecular weight is 324 g/mol. The molecular weight excluding hydrogens is 311 g/mol. The zero-order chi connectivity index (χ0) is 15.6. The summed E-state index contributed by atoms with van der Waals surface area (Å²) < 4.78 is 38.5. The van der Waals surface area contributed by atoms with Crippen LogP contribution in [0.5, 0.6) is 0 Å². The quantitative estimate of drug-likeness (QED) is 0.631. The van der Waals surface area contributed by atoms with Crippen LogP contribution in [0.2, 0.25) is 5.02 Å². The maximum atomic E-state index is 12.8. The highest BCUT2D eigenvalue weighted by Crippen LogP contribution is 2.37. The largest absolute Gasteiger partial charge is 0.417 e. The first-order valence-corrected chi connectivity index (χ1v) is 6.61. The third-order valence-corrected chi connectivity index (χ3v) is 3.40. The van der Waals surface area contributed by atoms with Crippen LogP contribution in [0.15, 0.2) is 18.2 Å². The summed E-state index contributed by atoms with van der Waals surface area (Å²) in [7, 11) is 0. The van der Waals surface area contributed by atoms with E-state index in [0.717, 1.165) is 6.07 Å². The van der Waals surface area contributed by atoms with Gasteiger partial charge in [-0.2, -0.15) is 18.1 Å². The SMILES string of the molecule is CC(=O)OOC1CCN(c2ccc(Cl)c(C(F)(F)F)c2)C1. The molecule has 0 amide bonds. The molecule has 0 radical (unpaired) electrons. The normalized spacial score (nSPS) is 18.9. The minimum atomic E-state index is -4.50. The lowest BCUT2D eigenvalue weighted by Crippen LogP contribution is -2.24. The van der Waals surface area contributed by atoms with Gasteiger partial charge in [0.2, 0.25) is 0 Å². The van der Waals surface area contributed by atoms with Gasteiger partial charge in [-0.1, -0.05) is 11.6 Å². The molecule has 1 aliphatic rings. The van der Waals surface area contributed by atoms with Gasteiger partial charge in [0, 0.05) is 25.7 Å². The van der Waals surface area contributed by atoms with Crippen molar-refractivity contribution in [3.63, 3.8) is 0 Å². The van der Waals surface area contributed by atoms with Gasteiger partial charge < -0.3 is 4.90 Å². The van der Waals surface area contributed by atoms with E-state index in [1.807, 2.05) is 0 Å². The van der Waals surface area contributed by atoms with Crippen LogP contribution >= 0.6 is 11.6 Å². The molecule has 21 heavy (non-hydrogen) atoms. The van der Waals surface area contributed by atoms with Crippen molar-refractivity contribution in [3.8, 4) is 0 Å². The fraction of sp³-hybridized carbons (Fsp3) is 0.462. The Morgan fingerprint density at radius 3 is 2.76 bits per heavy atom. The molecule has 1 fully saturated rings. The van der Waals surface area contributed by atoms with Crippen LogP contribution in [0, 0.1) is 0 Å². The summed E-state index contributed by atoms with van der Waals surface area (Å²) in [5.41, 5.74) is -0.466. The van der Waals surface area contributed by atoms with Gasteiger partial charge in [0.1, 0.15) is 6.10 Å². The van der Waals surface area contributed by atoms with Gasteiger partial charge in [0.25, 0.3) is 0 Å². The highest BCUT2D eigenvalue weighted by atomic mass is 35.5. The fourth-order valence-electron chi connectivity index (χ4n) is 2.10. The predicted octanol–water partition coefficient (Wildman–Crippen LogP) is 3.43. The summed E-state index contributed by atoms with van der Waals surface area (Å²) in [6.45, 7) is 2.05. The first kappa shape index (κ1) is 15.9. The number of benzene rings is 1. The zero-order valence-corrected chi connectivity index (χ0v) is 11.9. The van der Waals surface area contributed by atoms with E-state index in [2.05, 4.69) is 4.89 Å². The molecule has 0 N–H and O–H groups in total. The van der Waals surface area contributed by atoms with Crippen LogP contribution in [0.3, 0.4) is 0 Å². The number of halogens is 4. The Morgan fingerprint density at radius 1 is 1.43 bits per heavy atom. The number of hydrogen-bond donors (Lipinski definition) is 0. The Kier molecular flexibility index (Phi) is 4.63. The predicted molar refractivity (Wildman–Crippen MR) is 69.9 cm³/mol. The summed E-state index contributed by atoms with van der Waals surface area (Å²) in [6.07, 6.45) is -4.31. The third-order valence-electron chi connectivity index (χ3n) is 3.07. The minimum absolute atomic E-state index is 0.335. The Bertz CT molecular complexity index is 536. The average Bonchev–Trinajstić information content (AvgIpc) is 2.84. The van der Waals surface area contributed by atoms with Crippen LogP contribution in [0.25, 0.3) is 0 Å². The monoisotopic (exact) mass is 323 g/mol. The second-order valence-corrected chi connectivity index (χ2v) is 5.10. The summed E-state index contributed by atoms with van der Waals surface area (Å²) >= 11 is 5.58. The topological polar surface area (TPSA) is 38.8 Å². The summed E-state index contributed by atoms with van der Waals surface area (Å²) in [4.78, 5) is 21.7. The van der Waals surface area contributed by atoms with Gasteiger partial charge in [-0.05, 0) is 24.6 Å². The molecule has 1 heterocycles. The standard InChI is InChI=1S/C13H13ClF3NO3/c1-8(19)20-21-10-4-5-18(7-10)9-2-3-12(14)11(6-9)13(15,16)17/h2-3,6,10H,4-5,7H2,1H3. The number of carbonyl (C=O) groups is 1. The van der Waals surface area contributed by atoms with E-state index in [-0.39, 0.29) is 11.1 Å². The number of carbonyl (C=O) groups excluding carboxylic acids is 1. The van der Waals surface area contributed by atoms with Crippen molar-refractivity contribution < 1.29 is 27.7 Å². The second-order valence-electron chi connectivity index (χ2n) is 4.69. The van der Waals surface area contributed by atoms with Gasteiger partial charge in [0.15, 0.2) is 0 Å². The fourth-order valence-corrected chi connectivity index (χ4v) is 2.33. The van der Waals surface area contributed by atoms with E-state index < -0.39 is 17.7 Å². The molecule has 116 valence electrons. The molecule has 1 aromatic carbocycles. The molecule has 0 saturated carbocycles. The molecular formula is C13H13ClF3NO3. The number of nitrogens with zero attached hydrogens (tertiary/aromatic N) is 1. The Morgan fingerprint density at radius 2 is 2.14 bits per heavy atom. The minimum Gasteiger partial charge on any atom is -0.369 e. The van der Waals surface area contributed by atoms with Gasteiger partial charge in [0.05, 0.1) is 10.6 Å². The van der Waals surface area contributed by atoms with Crippen LogP contribution in [0.1, 0.15) is 18.9 Å². The lowest BCUT2D eigenvalue weighted by Gasteiger charge is -2.20. The van der Waals surface area contributed by atoms with Crippen molar-refractivity contribution in [1.29, 1.82) is 0 Å². The van der Waals surface area contributed by atoms with Crippen LogP contribution in [0.4, 0.5) is 18.9 Å². The van der Waals surface area contributed by atoms with Crippen LogP contribution < -0.4 is 4.90 Å². The lowest BCUT2D eigenvalue weighted by atomic mass is 10.2. The Hall–Kier alpha value is -1.47. The van der Waals surface area contributed by atoms with E-state index in [4.69, 9.17) is 16.5 Å². The van der Waals surface area contributed by atoms with E-state index in [1.165, 1.54) is 19.1 Å². The van der Waals surface area contributed by atoms with E-state index in [0.29, 0.717) is 25.2 Å². The number of hydrogen-bond acceptors (Lipinski definition) is 4. The smallest absolute Gasteiger partial charge is 0.369 e. The first-order valence-electron chi connectivity index (χ1n) is 6.23. The van der Waals surface area contributed by atoms with Gasteiger partial charge in [-0.3, -0.25) is 4.89 Å². The second kappa shape index (κ2) is 6.11. The summed E-state index contributed by atoms with van der Waals surface area (Å²) in [6, 6.07) is 3.75. The lowest BCUT2D eigenvalue weighted by molar-refractivity contribution is -0.291. The summed E-state index contributed by atoms with van der Waals surface area (Å²) in [5, 5.41) is -0.335. The number of alkyl halides is 3. The molecule has 1 saturated heterocycles. The van der Waals surface area contributed by atoms with Gasteiger partial charge in [-0.25, -0.2) is 4.79 Å². The van der Waals surface area contributed by atoms with Crippen molar-refractivity contribution in [3.05, 3.63) is 28.8 Å². The highest BCUT2D eigenvalue weighted by molar-refractivity contribution is 6.31. The van der Waals surface area contributed by atoms with Crippen LogP contribution in [-0.4, -0.2) is 25.2 Å². The van der Waals surface area contributed by atoms with Crippen LogP contribution in [-0.2, 0) is 20.7 Å². The maximum Gasteiger partial charge on any atom is 0.417 e. The molecule has 0 spiro atoms. The number of rotatable bonds is 3. The third kappa shape index (κ3) is 4.01. The molecule has 8 heteroatoms. The molecule has 1 atom stereocenters. The molecule has 0 aliphatic carbocycles. The molecule has 0 aromatic heterocycles. The molecule has 0 bridgehead atoms. The molecule has 2 rings (SSSR count).